The second kappa shape index (κ2) is 5.20. The molecular weight excluding hydrogens is 178 g/mol. The second-order valence-corrected chi connectivity index (χ2v) is 2.90. The Morgan fingerprint density at radius 1 is 1.64 bits per heavy atom. The van der Waals surface area contributed by atoms with Crippen molar-refractivity contribution in [2.75, 3.05) is 7.05 Å². The van der Waals surface area contributed by atoms with Crippen LogP contribution >= 0.6 is 0 Å². The van der Waals surface area contributed by atoms with Crippen LogP contribution in [0.1, 0.15) is 12.6 Å². The third-order valence-electron chi connectivity index (χ3n) is 1.65. The summed E-state index contributed by atoms with van der Waals surface area (Å²) < 4.78 is 5.25. The molecule has 1 atom stereocenters. The van der Waals surface area contributed by atoms with Crippen molar-refractivity contribution in [3.05, 3.63) is 24.0 Å². The molecule has 0 aliphatic carbocycles. The smallest absolute Gasteiger partial charge is 0.181 e. The summed E-state index contributed by atoms with van der Waals surface area (Å²) in [6, 6.07) is 5.67. The number of aromatic nitrogens is 1. The first kappa shape index (κ1) is 10.5. The Morgan fingerprint density at radius 3 is 2.93 bits per heavy atom. The summed E-state index contributed by atoms with van der Waals surface area (Å²) in [7, 11) is 1.86. The first-order valence-electron chi connectivity index (χ1n) is 4.42. The molecule has 1 N–H and O–H groups in total. The van der Waals surface area contributed by atoms with Gasteiger partial charge in [0.15, 0.2) is 6.10 Å². The fraction of sp³-hybridized carbons (Fsp3) is 0.400. The summed E-state index contributed by atoms with van der Waals surface area (Å²) in [6.45, 7) is 2.43. The van der Waals surface area contributed by atoms with Gasteiger partial charge in [0.2, 0.25) is 0 Å². The molecule has 0 aromatic carbocycles. The Hall–Kier alpha value is -1.60. The quantitative estimate of drug-likeness (QED) is 0.774. The lowest BCUT2D eigenvalue weighted by Crippen LogP contribution is -2.09. The number of pyridine rings is 1. The van der Waals surface area contributed by atoms with Crippen LogP contribution in [0.3, 0.4) is 0 Å². The van der Waals surface area contributed by atoms with E-state index in [-0.39, 0.29) is 0 Å². The van der Waals surface area contributed by atoms with Crippen LogP contribution in [0.25, 0.3) is 0 Å². The first-order valence-corrected chi connectivity index (χ1v) is 4.42. The van der Waals surface area contributed by atoms with Crippen molar-refractivity contribution in [2.45, 2.75) is 19.6 Å². The maximum absolute atomic E-state index is 8.53. The molecular formula is C10H13N3O. The van der Waals surface area contributed by atoms with Gasteiger partial charge in [-0.3, -0.25) is 4.98 Å². The Labute approximate surface area is 83.5 Å². The van der Waals surface area contributed by atoms with Gasteiger partial charge in [0.25, 0.3) is 0 Å². The fourth-order valence-corrected chi connectivity index (χ4v) is 0.997. The van der Waals surface area contributed by atoms with Crippen LogP contribution in [0.5, 0.6) is 5.75 Å². The molecule has 0 bridgehead atoms. The highest BCUT2D eigenvalue weighted by atomic mass is 16.5. The average molecular weight is 191 g/mol. The number of ether oxygens (including phenoxy) is 1. The molecule has 0 saturated carbocycles. The lowest BCUT2D eigenvalue weighted by molar-refractivity contribution is 0.275. The van der Waals surface area contributed by atoms with Crippen molar-refractivity contribution in [3.8, 4) is 11.8 Å². The van der Waals surface area contributed by atoms with Crippen molar-refractivity contribution in [3.63, 3.8) is 0 Å². The number of nitrogens with zero attached hydrogens (tertiary/aromatic N) is 2. The summed E-state index contributed by atoms with van der Waals surface area (Å²) >= 11 is 0. The molecule has 0 aliphatic rings. The van der Waals surface area contributed by atoms with Crippen molar-refractivity contribution in [1.82, 2.24) is 10.3 Å². The molecule has 0 amide bonds. The third kappa shape index (κ3) is 3.04. The topological polar surface area (TPSA) is 57.9 Å². The first-order chi connectivity index (χ1) is 6.76. The minimum absolute atomic E-state index is 0.438. The molecule has 1 aromatic heterocycles. The summed E-state index contributed by atoms with van der Waals surface area (Å²) in [5.74, 6) is 0.624. The summed E-state index contributed by atoms with van der Waals surface area (Å²) in [5, 5.41) is 11.5. The maximum atomic E-state index is 8.53. The molecule has 0 radical (unpaired) electrons. The van der Waals surface area contributed by atoms with Gasteiger partial charge in [0.05, 0.1) is 11.9 Å². The summed E-state index contributed by atoms with van der Waals surface area (Å²) in [4.78, 5) is 4.16. The van der Waals surface area contributed by atoms with E-state index in [2.05, 4.69) is 10.3 Å². The zero-order valence-corrected chi connectivity index (χ0v) is 8.32. The van der Waals surface area contributed by atoms with E-state index in [1.807, 2.05) is 25.2 Å². The molecule has 1 unspecified atom stereocenters. The molecule has 1 rings (SSSR count). The van der Waals surface area contributed by atoms with E-state index < -0.39 is 6.10 Å². The molecule has 4 heteroatoms. The largest absolute Gasteiger partial charge is 0.474 e. The Balaban J connectivity index is 2.60. The van der Waals surface area contributed by atoms with Crippen LogP contribution in [0.15, 0.2) is 18.3 Å². The van der Waals surface area contributed by atoms with Gasteiger partial charge in [-0.05, 0) is 26.1 Å². The standard InChI is InChI=1S/C10H13N3O/c1-8(5-11)14-10-4-3-9(6-12-2)13-7-10/h3-4,7-8,12H,6H2,1-2H3. The van der Waals surface area contributed by atoms with Crippen molar-refractivity contribution in [2.24, 2.45) is 0 Å². The number of rotatable bonds is 4. The van der Waals surface area contributed by atoms with Gasteiger partial charge in [-0.1, -0.05) is 0 Å². The predicted molar refractivity (Wildman–Crippen MR) is 52.7 cm³/mol. The minimum atomic E-state index is -0.438. The molecule has 14 heavy (non-hydrogen) atoms. The van der Waals surface area contributed by atoms with Gasteiger partial charge in [-0.25, -0.2) is 0 Å². The zero-order chi connectivity index (χ0) is 10.4. The van der Waals surface area contributed by atoms with Gasteiger partial charge >= 0.3 is 0 Å². The van der Waals surface area contributed by atoms with Gasteiger partial charge < -0.3 is 10.1 Å². The maximum Gasteiger partial charge on any atom is 0.181 e. The molecule has 0 spiro atoms. The van der Waals surface area contributed by atoms with Crippen molar-refractivity contribution < 1.29 is 4.74 Å². The minimum Gasteiger partial charge on any atom is -0.474 e. The lowest BCUT2D eigenvalue weighted by Gasteiger charge is -2.07. The second-order valence-electron chi connectivity index (χ2n) is 2.90. The predicted octanol–water partition coefficient (Wildman–Crippen LogP) is 1.09. The van der Waals surface area contributed by atoms with E-state index in [4.69, 9.17) is 10.00 Å². The van der Waals surface area contributed by atoms with Gasteiger partial charge in [0.1, 0.15) is 11.8 Å². The molecule has 0 saturated heterocycles. The van der Waals surface area contributed by atoms with Gasteiger partial charge in [-0.2, -0.15) is 5.26 Å². The van der Waals surface area contributed by atoms with E-state index in [1.54, 1.807) is 13.1 Å². The highest BCUT2D eigenvalue weighted by Gasteiger charge is 2.01. The summed E-state index contributed by atoms with van der Waals surface area (Å²) in [6.07, 6.45) is 1.19. The monoisotopic (exact) mass is 191 g/mol. The van der Waals surface area contributed by atoms with E-state index >= 15 is 0 Å². The SMILES string of the molecule is CNCc1ccc(OC(C)C#N)cn1. The molecule has 0 fully saturated rings. The van der Waals surface area contributed by atoms with Crippen LogP contribution in [0.2, 0.25) is 0 Å². The van der Waals surface area contributed by atoms with E-state index in [1.165, 1.54) is 0 Å². The molecule has 1 aromatic rings. The van der Waals surface area contributed by atoms with E-state index in [9.17, 15) is 0 Å². The highest BCUT2D eigenvalue weighted by molar-refractivity contribution is 5.20. The van der Waals surface area contributed by atoms with E-state index in [0.29, 0.717) is 5.75 Å². The highest BCUT2D eigenvalue weighted by Crippen LogP contribution is 2.10. The lowest BCUT2D eigenvalue weighted by atomic mass is 10.3. The van der Waals surface area contributed by atoms with Crippen LogP contribution < -0.4 is 10.1 Å². The third-order valence-corrected chi connectivity index (χ3v) is 1.65. The Morgan fingerprint density at radius 2 is 2.43 bits per heavy atom. The molecule has 4 nitrogen and oxygen atoms in total. The molecule has 0 aliphatic heterocycles. The Kier molecular flexibility index (Phi) is 3.89. The van der Waals surface area contributed by atoms with Crippen LogP contribution in [-0.4, -0.2) is 18.1 Å². The number of hydrogen-bond donors (Lipinski definition) is 1. The zero-order valence-electron chi connectivity index (χ0n) is 8.32. The number of hydrogen-bond acceptors (Lipinski definition) is 4. The van der Waals surface area contributed by atoms with Gasteiger partial charge in [-0.15, -0.1) is 0 Å². The van der Waals surface area contributed by atoms with Crippen LogP contribution in [0.4, 0.5) is 0 Å². The average Bonchev–Trinajstić information content (AvgIpc) is 2.21. The van der Waals surface area contributed by atoms with E-state index in [0.717, 1.165) is 12.2 Å². The molecule has 1 heterocycles. The van der Waals surface area contributed by atoms with Crippen LogP contribution in [0, 0.1) is 11.3 Å². The van der Waals surface area contributed by atoms with Crippen molar-refractivity contribution in [1.29, 1.82) is 5.26 Å². The number of nitriles is 1. The Bertz CT molecular complexity index is 315. The summed E-state index contributed by atoms with van der Waals surface area (Å²) in [5.41, 5.74) is 0.949. The van der Waals surface area contributed by atoms with Crippen molar-refractivity contribution >= 4 is 0 Å². The molecule has 74 valence electrons. The van der Waals surface area contributed by atoms with Gasteiger partial charge in [0, 0.05) is 6.54 Å². The fourth-order valence-electron chi connectivity index (χ4n) is 0.997. The number of nitrogens with one attached hydrogen (secondary N) is 1. The van der Waals surface area contributed by atoms with Crippen LogP contribution in [-0.2, 0) is 6.54 Å². The normalized spacial score (nSPS) is 11.8.